The molecule has 2 aliphatic rings. The zero-order valence-corrected chi connectivity index (χ0v) is 21.1. The van der Waals surface area contributed by atoms with Crippen LogP contribution in [0.4, 0.5) is 50.4 Å². The number of nitrogens with zero attached hydrogens (tertiary/aromatic N) is 4. The summed E-state index contributed by atoms with van der Waals surface area (Å²) in [5.74, 6) is 0. The summed E-state index contributed by atoms with van der Waals surface area (Å²) in [6.07, 6.45) is 2.64. The molecule has 0 aromatic rings. The van der Waals surface area contributed by atoms with Crippen LogP contribution in [-0.4, -0.2) is 99.1 Å². The molecule has 0 aromatic carbocycles. The van der Waals surface area contributed by atoms with Gasteiger partial charge in [-0.25, -0.2) is 0 Å². The minimum Gasteiger partial charge on any atom is 2.00 e. The summed E-state index contributed by atoms with van der Waals surface area (Å²) >= 11 is 0. The van der Waals surface area contributed by atoms with E-state index in [9.17, 15) is 50.4 Å². The Labute approximate surface area is 195 Å². The summed E-state index contributed by atoms with van der Waals surface area (Å²) in [6, 6.07) is 0. The number of rotatable bonds is 0. The molecule has 2 bridgehead atoms. The molecule has 2 heterocycles. The van der Waals surface area contributed by atoms with Crippen LogP contribution in [0.15, 0.2) is 0 Å². The number of hydrogen-bond donors (Lipinski definition) is 0. The monoisotopic (exact) mass is 599 g/mol. The van der Waals surface area contributed by atoms with E-state index >= 15 is 0 Å². The van der Waals surface area contributed by atoms with Crippen LogP contribution in [0.2, 0.25) is 0 Å². The van der Waals surface area contributed by atoms with Crippen LogP contribution >= 0.6 is 15.6 Å². The molecule has 0 aromatic heterocycles. The van der Waals surface area contributed by atoms with E-state index in [1.165, 1.54) is 78.3 Å². The number of likely N-dealkylation sites (N-methyl/N-ethyl adjacent to an activating group) is 2. The molecule has 0 amide bonds. The van der Waals surface area contributed by atoms with Gasteiger partial charge in [0.2, 0.25) is 0 Å². The molecule has 2 rings (SSSR count). The maximum absolute atomic E-state index is 10.7. The fraction of sp³-hybridized carbons (Fsp3) is 1.00. The fourth-order valence-corrected chi connectivity index (χ4v) is 2.93. The van der Waals surface area contributed by atoms with Gasteiger partial charge >= 0.3 is 83.0 Å². The van der Waals surface area contributed by atoms with Gasteiger partial charge in [0, 0.05) is 39.3 Å². The minimum absolute atomic E-state index is 0. The van der Waals surface area contributed by atoms with E-state index in [-0.39, 0.29) is 17.1 Å². The van der Waals surface area contributed by atoms with Crippen molar-refractivity contribution in [2.45, 2.75) is 12.8 Å². The van der Waals surface area contributed by atoms with E-state index in [1.807, 2.05) is 0 Å². The maximum atomic E-state index is 9.87. The van der Waals surface area contributed by atoms with Gasteiger partial charge < -0.3 is 19.6 Å². The van der Waals surface area contributed by atoms with Crippen LogP contribution in [-0.2, 0) is 17.1 Å². The molecule has 0 N–H and O–H groups in total. The van der Waals surface area contributed by atoms with Crippen LogP contribution < -0.4 is 0 Å². The molecule has 2 unspecified atom stereocenters. The average Bonchev–Trinajstić information content (AvgIpc) is 2.47. The largest absolute Gasteiger partial charge is 2.00 e. The molecule has 2 saturated heterocycles. The molecule has 33 heavy (non-hydrogen) atoms. The Hall–Kier alpha value is 0.379. The minimum atomic E-state index is -10.7. The molecule has 4 nitrogen and oxygen atoms in total. The molecule has 2 atom stereocenters. The van der Waals surface area contributed by atoms with Gasteiger partial charge in [0.15, 0.2) is 0 Å². The van der Waals surface area contributed by atoms with Gasteiger partial charge in [0.05, 0.1) is 0 Å². The van der Waals surface area contributed by atoms with Gasteiger partial charge in [-0.1, -0.05) is 0 Å². The second-order valence-electron chi connectivity index (χ2n) is 7.91. The average molecular weight is 599 g/mol. The Kier molecular flexibility index (Phi) is 11.6. The molecule has 2 fully saturated rings. The van der Waals surface area contributed by atoms with Gasteiger partial charge in [0.1, 0.15) is 0 Å². The summed E-state index contributed by atoms with van der Waals surface area (Å²) < 4.78 is 118. The van der Waals surface area contributed by atoms with Gasteiger partial charge in [-0.05, 0) is 53.1 Å². The molecule has 2 aliphatic heterocycles. The van der Waals surface area contributed by atoms with Crippen molar-refractivity contribution < 1.29 is 67.4 Å². The van der Waals surface area contributed by atoms with Crippen molar-refractivity contribution in [2.75, 3.05) is 79.5 Å². The van der Waals surface area contributed by atoms with Crippen molar-refractivity contribution >= 4 is 15.6 Å². The Morgan fingerprint density at radius 1 is 0.394 bits per heavy atom. The van der Waals surface area contributed by atoms with Crippen LogP contribution in [0, 0.1) is 0 Å². The Bertz CT molecular complexity index is 510. The molecule has 0 spiro atoms. The van der Waals surface area contributed by atoms with Crippen molar-refractivity contribution in [3.63, 3.8) is 0 Å². The topological polar surface area (TPSA) is 13.0 Å². The van der Waals surface area contributed by atoms with E-state index in [0.717, 1.165) is 0 Å². The SMILES string of the molecule is CN1CCCN2CCN(C)CCCN(CC1)CC2.F[P-](F)(F)(F)(F)F.F[P-](F)(F)(F)(F)F.[Mn+2]. The molecule has 1 radical (unpaired) electrons. The first-order chi connectivity index (χ1) is 13.6. The van der Waals surface area contributed by atoms with E-state index in [1.54, 1.807) is 0 Å². The van der Waals surface area contributed by atoms with Gasteiger partial charge in [-0.2, -0.15) is 0 Å². The van der Waals surface area contributed by atoms with Crippen molar-refractivity contribution in [3.8, 4) is 0 Å². The van der Waals surface area contributed by atoms with Crippen LogP contribution in [0.25, 0.3) is 0 Å². The first kappa shape index (κ1) is 35.5. The summed E-state index contributed by atoms with van der Waals surface area (Å²) in [7, 11) is -16.8. The molecular formula is C14H30F12MnN4P2. The zero-order valence-electron chi connectivity index (χ0n) is 18.1. The first-order valence-corrected chi connectivity index (χ1v) is 13.6. The van der Waals surface area contributed by atoms with Crippen LogP contribution in [0.3, 0.4) is 0 Å². The van der Waals surface area contributed by atoms with Crippen LogP contribution in [0.1, 0.15) is 12.8 Å². The zero-order chi connectivity index (χ0) is 25.6. The Morgan fingerprint density at radius 2 is 0.606 bits per heavy atom. The third-order valence-corrected chi connectivity index (χ3v) is 4.36. The quantitative estimate of drug-likeness (QED) is 0.169. The number of halogens is 12. The first-order valence-electron chi connectivity index (χ1n) is 9.59. The third kappa shape index (κ3) is 39.9. The Morgan fingerprint density at radius 3 is 0.848 bits per heavy atom. The van der Waals surface area contributed by atoms with Gasteiger partial charge in [0.25, 0.3) is 0 Å². The smallest absolute Gasteiger partial charge is 2.00 e. The van der Waals surface area contributed by atoms with Crippen molar-refractivity contribution in [3.05, 3.63) is 0 Å². The summed E-state index contributed by atoms with van der Waals surface area (Å²) in [4.78, 5) is 10.3. The second-order valence-corrected chi connectivity index (χ2v) is 11.7. The van der Waals surface area contributed by atoms with E-state index in [2.05, 4.69) is 33.7 Å². The van der Waals surface area contributed by atoms with Crippen LogP contribution in [0.5, 0.6) is 0 Å². The normalized spacial score (nSPS) is 28.5. The van der Waals surface area contributed by atoms with Crippen molar-refractivity contribution in [1.82, 2.24) is 19.6 Å². The van der Waals surface area contributed by atoms with Crippen molar-refractivity contribution in [1.29, 1.82) is 0 Å². The molecule has 0 aliphatic carbocycles. The van der Waals surface area contributed by atoms with E-state index in [0.29, 0.717) is 0 Å². The van der Waals surface area contributed by atoms with Gasteiger partial charge in [-0.15, -0.1) is 0 Å². The third-order valence-electron chi connectivity index (χ3n) is 4.36. The number of hydrogen-bond acceptors (Lipinski definition) is 4. The molecule has 207 valence electrons. The predicted octanol–water partition coefficient (Wildman–Crippen LogP) is 7.02. The summed E-state index contributed by atoms with van der Waals surface area (Å²) in [5.41, 5.74) is 0. The molecular weight excluding hydrogens is 569 g/mol. The predicted molar refractivity (Wildman–Crippen MR) is 104 cm³/mol. The second kappa shape index (κ2) is 10.8. The van der Waals surface area contributed by atoms with Gasteiger partial charge in [-0.3, -0.25) is 0 Å². The molecule has 0 saturated carbocycles. The fourth-order valence-electron chi connectivity index (χ4n) is 2.93. The standard InChI is InChI=1S/C14H30N4.2F6P.Mn/c1-15-5-3-7-18-12-10-16(2)6-4-8-17(11-9-15)13-14-18;2*1-7(2,3,4,5)6;/h3-14H2,1-2H3;;;/q;2*-1;+2. The van der Waals surface area contributed by atoms with E-state index in [4.69, 9.17) is 0 Å². The van der Waals surface area contributed by atoms with E-state index < -0.39 is 15.6 Å². The maximum Gasteiger partial charge on any atom is 2.00 e. The molecule has 19 heteroatoms. The number of fused-ring (bicyclic) bond motifs is 3. The summed E-state index contributed by atoms with van der Waals surface area (Å²) in [5, 5.41) is 0. The van der Waals surface area contributed by atoms with Crippen molar-refractivity contribution in [2.24, 2.45) is 0 Å². The Balaban J connectivity index is 0. The summed E-state index contributed by atoms with van der Waals surface area (Å²) in [6.45, 7) is 12.5.